The number of phenolic OH excluding ortho intramolecular Hbond substituents is 1. The van der Waals surface area contributed by atoms with Crippen molar-refractivity contribution in [1.29, 1.82) is 0 Å². The molecular formula is C13H11N3O. The number of phenols is 1. The molecule has 2 N–H and O–H groups in total. The lowest BCUT2D eigenvalue weighted by molar-refractivity contribution is 0.476. The van der Waals surface area contributed by atoms with Crippen molar-refractivity contribution >= 4 is 16.6 Å². The minimum absolute atomic E-state index is 0.237. The first kappa shape index (κ1) is 9.72. The van der Waals surface area contributed by atoms with E-state index in [1.807, 2.05) is 41.3 Å². The van der Waals surface area contributed by atoms with Crippen molar-refractivity contribution in [3.8, 4) is 5.75 Å². The van der Waals surface area contributed by atoms with Crippen molar-refractivity contribution in [1.82, 2.24) is 9.66 Å². The van der Waals surface area contributed by atoms with E-state index in [0.717, 1.165) is 16.6 Å². The minimum Gasteiger partial charge on any atom is -0.508 e. The van der Waals surface area contributed by atoms with Crippen LogP contribution in [0.4, 0.5) is 5.82 Å². The molecule has 0 spiro atoms. The van der Waals surface area contributed by atoms with Gasteiger partial charge in [-0.2, -0.15) is 0 Å². The summed E-state index contributed by atoms with van der Waals surface area (Å²) in [7, 11) is 0. The van der Waals surface area contributed by atoms with Gasteiger partial charge in [0.05, 0.1) is 0 Å². The van der Waals surface area contributed by atoms with E-state index in [0.29, 0.717) is 0 Å². The molecule has 0 atom stereocenters. The Balaban J connectivity index is 2.12. The maximum absolute atomic E-state index is 9.52. The van der Waals surface area contributed by atoms with Crippen LogP contribution in [0.3, 0.4) is 0 Å². The van der Waals surface area contributed by atoms with Crippen LogP contribution >= 0.6 is 0 Å². The van der Waals surface area contributed by atoms with E-state index >= 15 is 0 Å². The molecule has 3 rings (SSSR count). The molecule has 2 aromatic heterocycles. The van der Waals surface area contributed by atoms with Crippen LogP contribution in [0.2, 0.25) is 0 Å². The number of nitrogens with zero attached hydrogens (tertiary/aromatic N) is 2. The first-order valence-electron chi connectivity index (χ1n) is 5.31. The maximum atomic E-state index is 9.52. The second kappa shape index (κ2) is 3.83. The summed E-state index contributed by atoms with van der Waals surface area (Å²) in [5.74, 6) is 0.954. The lowest BCUT2D eigenvalue weighted by atomic mass is 10.1. The van der Waals surface area contributed by atoms with Crippen LogP contribution in [0.15, 0.2) is 55.0 Å². The van der Waals surface area contributed by atoms with Gasteiger partial charge in [-0.05, 0) is 35.7 Å². The summed E-state index contributed by atoms with van der Waals surface area (Å²) in [6.45, 7) is 0. The number of rotatable bonds is 2. The molecule has 0 aliphatic rings. The Bertz CT molecular complexity index is 647. The van der Waals surface area contributed by atoms with E-state index in [1.165, 1.54) is 0 Å². The highest BCUT2D eigenvalue weighted by molar-refractivity contribution is 5.92. The Morgan fingerprint density at radius 3 is 2.76 bits per heavy atom. The molecule has 2 heterocycles. The monoisotopic (exact) mass is 225 g/mol. The molecule has 0 saturated carbocycles. The number of hydrogen-bond donors (Lipinski definition) is 2. The zero-order valence-corrected chi connectivity index (χ0v) is 9.04. The van der Waals surface area contributed by atoms with Crippen molar-refractivity contribution in [3.05, 3.63) is 55.0 Å². The molecule has 0 amide bonds. The molecule has 0 saturated heterocycles. The van der Waals surface area contributed by atoms with Gasteiger partial charge in [0.25, 0.3) is 0 Å². The predicted molar refractivity (Wildman–Crippen MR) is 66.9 cm³/mol. The largest absolute Gasteiger partial charge is 0.508 e. The molecule has 84 valence electrons. The number of anilines is 1. The van der Waals surface area contributed by atoms with E-state index in [4.69, 9.17) is 0 Å². The van der Waals surface area contributed by atoms with Crippen LogP contribution in [0.1, 0.15) is 0 Å². The van der Waals surface area contributed by atoms with Crippen molar-refractivity contribution in [2.24, 2.45) is 0 Å². The van der Waals surface area contributed by atoms with E-state index in [2.05, 4.69) is 10.4 Å². The first-order valence-corrected chi connectivity index (χ1v) is 5.31. The molecule has 0 aliphatic carbocycles. The first-order chi connectivity index (χ1) is 8.33. The zero-order chi connectivity index (χ0) is 11.7. The van der Waals surface area contributed by atoms with Gasteiger partial charge in [0, 0.05) is 24.0 Å². The molecule has 17 heavy (non-hydrogen) atoms. The van der Waals surface area contributed by atoms with E-state index < -0.39 is 0 Å². The number of nitrogens with one attached hydrogen (secondary N) is 1. The van der Waals surface area contributed by atoms with Crippen LogP contribution in [-0.4, -0.2) is 14.8 Å². The van der Waals surface area contributed by atoms with Gasteiger partial charge in [-0.25, -0.2) is 4.98 Å². The smallest absolute Gasteiger partial charge is 0.152 e. The van der Waals surface area contributed by atoms with Crippen molar-refractivity contribution in [3.63, 3.8) is 0 Å². The third kappa shape index (κ3) is 1.80. The van der Waals surface area contributed by atoms with Gasteiger partial charge in [-0.1, -0.05) is 6.07 Å². The number of benzene rings is 1. The summed E-state index contributed by atoms with van der Waals surface area (Å²) in [6.07, 6.45) is 5.53. The zero-order valence-electron chi connectivity index (χ0n) is 9.04. The second-order valence-corrected chi connectivity index (χ2v) is 3.77. The van der Waals surface area contributed by atoms with Crippen molar-refractivity contribution in [2.75, 3.05) is 5.43 Å². The molecule has 4 nitrogen and oxygen atoms in total. The van der Waals surface area contributed by atoms with E-state index in [-0.39, 0.29) is 5.75 Å². The molecule has 0 fully saturated rings. The van der Waals surface area contributed by atoms with E-state index in [9.17, 15) is 5.11 Å². The van der Waals surface area contributed by atoms with Gasteiger partial charge in [0.1, 0.15) is 5.75 Å². The van der Waals surface area contributed by atoms with Crippen LogP contribution in [0.5, 0.6) is 5.75 Å². The lowest BCUT2D eigenvalue weighted by Gasteiger charge is -2.09. The highest BCUT2D eigenvalue weighted by atomic mass is 16.3. The Morgan fingerprint density at radius 1 is 1.12 bits per heavy atom. The number of pyridine rings is 1. The Hall–Kier alpha value is -2.49. The fourth-order valence-corrected chi connectivity index (χ4v) is 1.78. The molecule has 0 radical (unpaired) electrons. The van der Waals surface area contributed by atoms with Gasteiger partial charge in [0.15, 0.2) is 5.82 Å². The molecular weight excluding hydrogens is 214 g/mol. The van der Waals surface area contributed by atoms with E-state index in [1.54, 1.807) is 18.3 Å². The summed E-state index contributed by atoms with van der Waals surface area (Å²) in [5, 5.41) is 11.4. The number of fused-ring (bicyclic) bond motifs is 1. The van der Waals surface area contributed by atoms with Crippen molar-refractivity contribution in [2.45, 2.75) is 0 Å². The molecule has 0 bridgehead atoms. The maximum Gasteiger partial charge on any atom is 0.152 e. The highest BCUT2D eigenvalue weighted by Crippen LogP contribution is 2.24. The summed E-state index contributed by atoms with van der Waals surface area (Å²) in [6, 6.07) is 11.0. The minimum atomic E-state index is 0.237. The lowest BCUT2D eigenvalue weighted by Crippen LogP contribution is -2.07. The fourth-order valence-electron chi connectivity index (χ4n) is 1.78. The molecule has 0 aliphatic heterocycles. The van der Waals surface area contributed by atoms with Gasteiger partial charge in [0.2, 0.25) is 0 Å². The Morgan fingerprint density at radius 2 is 1.94 bits per heavy atom. The Kier molecular flexibility index (Phi) is 2.19. The van der Waals surface area contributed by atoms with Gasteiger partial charge < -0.3 is 5.11 Å². The molecule has 4 heteroatoms. The van der Waals surface area contributed by atoms with Crippen LogP contribution in [0.25, 0.3) is 10.8 Å². The highest BCUT2D eigenvalue weighted by Gasteiger charge is 2.03. The van der Waals surface area contributed by atoms with Gasteiger partial charge in [-0.15, -0.1) is 0 Å². The average Bonchev–Trinajstić information content (AvgIpc) is 2.83. The van der Waals surface area contributed by atoms with Crippen LogP contribution in [-0.2, 0) is 0 Å². The predicted octanol–water partition coefficient (Wildman–Crippen LogP) is 2.62. The topological polar surface area (TPSA) is 50.1 Å². The van der Waals surface area contributed by atoms with Crippen molar-refractivity contribution < 1.29 is 5.11 Å². The number of aromatic nitrogens is 2. The van der Waals surface area contributed by atoms with Gasteiger partial charge in [-0.3, -0.25) is 10.1 Å². The number of aromatic hydroxyl groups is 1. The third-order valence-corrected chi connectivity index (χ3v) is 2.59. The molecule has 3 aromatic rings. The van der Waals surface area contributed by atoms with Crippen LogP contribution < -0.4 is 5.43 Å². The SMILES string of the molecule is Oc1ccc2ccnc(Nn3cccc3)c2c1. The molecule has 1 aromatic carbocycles. The normalized spacial score (nSPS) is 10.6. The van der Waals surface area contributed by atoms with Gasteiger partial charge >= 0.3 is 0 Å². The second-order valence-electron chi connectivity index (χ2n) is 3.77. The number of hydrogen-bond acceptors (Lipinski definition) is 3. The summed E-state index contributed by atoms with van der Waals surface area (Å²) in [4.78, 5) is 4.28. The quantitative estimate of drug-likeness (QED) is 0.704. The molecule has 0 unspecified atom stereocenters. The summed E-state index contributed by atoms with van der Waals surface area (Å²) < 4.78 is 1.81. The third-order valence-electron chi connectivity index (χ3n) is 2.59. The standard InChI is InChI=1S/C13H11N3O/c17-11-4-3-10-5-6-14-13(12(10)9-11)15-16-7-1-2-8-16/h1-9,17H,(H,14,15). The fraction of sp³-hybridized carbons (Fsp3) is 0. The summed E-state index contributed by atoms with van der Waals surface area (Å²) >= 11 is 0. The van der Waals surface area contributed by atoms with Crippen LogP contribution in [0, 0.1) is 0 Å². The summed E-state index contributed by atoms with van der Waals surface area (Å²) in [5.41, 5.74) is 3.15. The Labute approximate surface area is 98.1 Å². The average molecular weight is 225 g/mol.